The summed E-state index contributed by atoms with van der Waals surface area (Å²) in [5.74, 6) is -4.21. The molecule has 2 heterocycles. The predicted octanol–water partition coefficient (Wildman–Crippen LogP) is -2.11. The number of nitrogens with two attached hydrogens (primary N) is 1. The largest absolute Gasteiger partial charge is 0.480 e. The van der Waals surface area contributed by atoms with Gasteiger partial charge in [-0.3, -0.25) is 28.9 Å². The Morgan fingerprint density at radius 1 is 1.17 bits per heavy atom. The second-order valence-corrected chi connectivity index (χ2v) is 10.3. The molecule has 0 aromatic rings. The fraction of sp³-hybridized carbons (Fsp3) is 0.727. The molecule has 2 fully saturated rings. The molecular formula is C22H35N5O8S. The van der Waals surface area contributed by atoms with Crippen LogP contribution in [0.4, 0.5) is 0 Å². The number of imide groups is 1. The van der Waals surface area contributed by atoms with Crippen LogP contribution >= 0.6 is 11.8 Å². The first-order valence-corrected chi connectivity index (χ1v) is 12.9. The van der Waals surface area contributed by atoms with Crippen LogP contribution in [-0.2, 0) is 28.8 Å². The van der Waals surface area contributed by atoms with E-state index in [-0.39, 0.29) is 43.5 Å². The third-order valence-corrected chi connectivity index (χ3v) is 7.52. The Hall–Kier alpha value is -2.71. The Labute approximate surface area is 213 Å². The van der Waals surface area contributed by atoms with Gasteiger partial charge in [0.2, 0.25) is 29.5 Å². The highest BCUT2D eigenvalue weighted by molar-refractivity contribution is 8.00. The first-order chi connectivity index (χ1) is 16.9. The molecule has 0 saturated carbocycles. The van der Waals surface area contributed by atoms with Crippen LogP contribution in [0.25, 0.3) is 0 Å². The number of aliphatic hydroxyl groups is 1. The molecular weight excluding hydrogens is 494 g/mol. The molecule has 0 bridgehead atoms. The van der Waals surface area contributed by atoms with Gasteiger partial charge in [0.15, 0.2) is 0 Å². The van der Waals surface area contributed by atoms with Crippen molar-refractivity contribution in [1.29, 1.82) is 0 Å². The number of rotatable bonds is 12. The number of carboxylic acid groups (broad SMARTS) is 1. The summed E-state index contributed by atoms with van der Waals surface area (Å²) >= 11 is 1.10. The van der Waals surface area contributed by atoms with Gasteiger partial charge < -0.3 is 31.5 Å². The molecule has 0 aromatic carbocycles. The molecule has 0 aliphatic carbocycles. The Kier molecular flexibility index (Phi) is 10.7. The zero-order valence-corrected chi connectivity index (χ0v) is 21.5. The number of nitrogens with one attached hydrogen (secondary N) is 2. The molecule has 0 spiro atoms. The molecule has 13 nitrogen and oxygen atoms in total. The first kappa shape index (κ1) is 29.5. The van der Waals surface area contributed by atoms with Crippen molar-refractivity contribution in [3.63, 3.8) is 0 Å². The predicted molar refractivity (Wildman–Crippen MR) is 129 cm³/mol. The third kappa shape index (κ3) is 6.95. The molecule has 5 atom stereocenters. The maximum Gasteiger partial charge on any atom is 0.326 e. The summed E-state index contributed by atoms with van der Waals surface area (Å²) in [5.41, 5.74) is 5.96. The van der Waals surface area contributed by atoms with E-state index < -0.39 is 65.6 Å². The van der Waals surface area contributed by atoms with Crippen LogP contribution in [0.1, 0.15) is 40.0 Å². The number of thioether (sulfide) groups is 1. The standard InChI is InChI=1S/C22H35N5O8S/c1-4-26-16(29)8-15(21(26)33)36-10-12(23)18(30)25-17(11(2)3)19(31)24-13(9-28)20(32)27-7-5-6-14(27)22(34)35/h11-15,17,28H,4-10,23H2,1-3H3,(H,24,31)(H,25,30)(H,34,35)/t12-,13-,14-,15?,17-/m0/s1. The molecule has 0 aromatic heterocycles. The number of aliphatic hydroxyl groups excluding tert-OH is 1. The molecule has 0 radical (unpaired) electrons. The maximum atomic E-state index is 12.9. The summed E-state index contributed by atoms with van der Waals surface area (Å²) in [6.45, 7) is 4.77. The molecule has 36 heavy (non-hydrogen) atoms. The summed E-state index contributed by atoms with van der Waals surface area (Å²) in [6, 6.07) is -4.55. The van der Waals surface area contributed by atoms with E-state index in [9.17, 15) is 39.0 Å². The quantitative estimate of drug-likeness (QED) is 0.174. The molecule has 2 rings (SSSR count). The second-order valence-electron chi connectivity index (χ2n) is 9.11. The minimum absolute atomic E-state index is 0.0407. The molecule has 2 aliphatic rings. The van der Waals surface area contributed by atoms with Crippen molar-refractivity contribution < 1.29 is 39.0 Å². The number of likely N-dealkylation sites (tertiary alicyclic amines) is 2. The summed E-state index contributed by atoms with van der Waals surface area (Å²) in [6.07, 6.45) is 0.816. The fourth-order valence-electron chi connectivity index (χ4n) is 4.14. The smallest absolute Gasteiger partial charge is 0.326 e. The highest BCUT2D eigenvalue weighted by Crippen LogP contribution is 2.25. The Bertz CT molecular complexity index is 884. The number of aliphatic carboxylic acids is 1. The number of carbonyl (C=O) groups is 6. The van der Waals surface area contributed by atoms with E-state index in [1.54, 1.807) is 20.8 Å². The van der Waals surface area contributed by atoms with E-state index in [1.165, 1.54) is 0 Å². The van der Waals surface area contributed by atoms with Crippen LogP contribution in [0.5, 0.6) is 0 Å². The average Bonchev–Trinajstić information content (AvgIpc) is 3.42. The average molecular weight is 530 g/mol. The normalized spacial score (nSPS) is 22.5. The van der Waals surface area contributed by atoms with Crippen LogP contribution in [0, 0.1) is 5.92 Å². The van der Waals surface area contributed by atoms with Gasteiger partial charge in [-0.25, -0.2) is 4.79 Å². The molecule has 14 heteroatoms. The van der Waals surface area contributed by atoms with E-state index in [2.05, 4.69) is 10.6 Å². The zero-order valence-electron chi connectivity index (χ0n) is 20.6. The third-order valence-electron chi connectivity index (χ3n) is 6.20. The number of carboxylic acids is 1. The van der Waals surface area contributed by atoms with Crippen molar-refractivity contribution in [2.45, 2.75) is 69.5 Å². The van der Waals surface area contributed by atoms with Gasteiger partial charge in [-0.2, -0.15) is 0 Å². The van der Waals surface area contributed by atoms with Gasteiger partial charge in [0.25, 0.3) is 0 Å². The van der Waals surface area contributed by atoms with Gasteiger partial charge in [-0.15, -0.1) is 11.8 Å². The van der Waals surface area contributed by atoms with Crippen LogP contribution in [0.3, 0.4) is 0 Å². The topological polar surface area (TPSA) is 199 Å². The maximum absolute atomic E-state index is 12.9. The molecule has 5 amide bonds. The number of carbonyl (C=O) groups excluding carboxylic acids is 5. The number of hydrogen-bond acceptors (Lipinski definition) is 9. The number of nitrogens with zero attached hydrogens (tertiary/aromatic N) is 2. The van der Waals surface area contributed by atoms with Gasteiger partial charge in [-0.1, -0.05) is 13.8 Å². The number of hydrogen-bond donors (Lipinski definition) is 5. The summed E-state index contributed by atoms with van der Waals surface area (Å²) in [4.78, 5) is 76.1. The fourth-order valence-corrected chi connectivity index (χ4v) is 5.26. The molecule has 6 N–H and O–H groups in total. The lowest BCUT2D eigenvalue weighted by Gasteiger charge is -2.29. The summed E-state index contributed by atoms with van der Waals surface area (Å²) in [5, 5.41) is 23.3. The molecule has 2 aliphatic heterocycles. The molecule has 202 valence electrons. The lowest BCUT2D eigenvalue weighted by molar-refractivity contribution is -0.150. The van der Waals surface area contributed by atoms with Gasteiger partial charge in [0, 0.05) is 25.3 Å². The van der Waals surface area contributed by atoms with Crippen molar-refractivity contribution >= 4 is 47.3 Å². The Balaban J connectivity index is 1.96. The van der Waals surface area contributed by atoms with E-state index in [4.69, 9.17) is 5.73 Å². The minimum atomic E-state index is -1.37. The summed E-state index contributed by atoms with van der Waals surface area (Å²) in [7, 11) is 0. The first-order valence-electron chi connectivity index (χ1n) is 11.9. The van der Waals surface area contributed by atoms with Gasteiger partial charge in [0.1, 0.15) is 18.1 Å². The summed E-state index contributed by atoms with van der Waals surface area (Å²) < 4.78 is 0. The Morgan fingerprint density at radius 2 is 1.83 bits per heavy atom. The van der Waals surface area contributed by atoms with Crippen molar-refractivity contribution in [3.05, 3.63) is 0 Å². The van der Waals surface area contributed by atoms with E-state index in [0.717, 1.165) is 21.6 Å². The van der Waals surface area contributed by atoms with Crippen molar-refractivity contribution in [2.75, 3.05) is 25.4 Å². The zero-order chi connectivity index (χ0) is 27.2. The van der Waals surface area contributed by atoms with Gasteiger partial charge in [-0.05, 0) is 25.7 Å². The SMILES string of the molecule is CCN1C(=O)CC(SC[C@H](N)C(=O)N[C@H](C(=O)N[C@@H](CO)C(=O)N2CCC[C@H]2C(=O)O)C(C)C)C1=O. The van der Waals surface area contributed by atoms with Crippen molar-refractivity contribution in [2.24, 2.45) is 11.7 Å². The number of amides is 5. The van der Waals surface area contributed by atoms with E-state index in [1.807, 2.05) is 0 Å². The van der Waals surface area contributed by atoms with Crippen LogP contribution < -0.4 is 16.4 Å². The monoisotopic (exact) mass is 529 g/mol. The van der Waals surface area contributed by atoms with Crippen LogP contribution in [-0.4, -0.2) is 110 Å². The van der Waals surface area contributed by atoms with E-state index >= 15 is 0 Å². The van der Waals surface area contributed by atoms with Crippen LogP contribution in [0.15, 0.2) is 0 Å². The highest BCUT2D eigenvalue weighted by Gasteiger charge is 2.40. The molecule has 1 unspecified atom stereocenters. The minimum Gasteiger partial charge on any atom is -0.480 e. The van der Waals surface area contributed by atoms with Gasteiger partial charge in [0.05, 0.1) is 17.9 Å². The van der Waals surface area contributed by atoms with Crippen molar-refractivity contribution in [1.82, 2.24) is 20.4 Å². The lowest BCUT2D eigenvalue weighted by Crippen LogP contribution is -2.59. The van der Waals surface area contributed by atoms with Crippen molar-refractivity contribution in [3.8, 4) is 0 Å². The highest BCUT2D eigenvalue weighted by atomic mass is 32.2. The van der Waals surface area contributed by atoms with E-state index in [0.29, 0.717) is 6.42 Å². The van der Waals surface area contributed by atoms with Crippen LogP contribution in [0.2, 0.25) is 0 Å². The Morgan fingerprint density at radius 3 is 2.36 bits per heavy atom. The lowest BCUT2D eigenvalue weighted by atomic mass is 10.0. The molecule has 2 saturated heterocycles. The van der Waals surface area contributed by atoms with Gasteiger partial charge >= 0.3 is 5.97 Å². The second kappa shape index (κ2) is 13.0.